The maximum atomic E-state index is 12.3. The summed E-state index contributed by atoms with van der Waals surface area (Å²) in [6.07, 6.45) is 1.98. The molecule has 0 fully saturated rings. The molecule has 6 heteroatoms. The van der Waals surface area contributed by atoms with Gasteiger partial charge in [0.1, 0.15) is 0 Å². The van der Waals surface area contributed by atoms with Crippen molar-refractivity contribution in [3.8, 4) is 0 Å². The lowest BCUT2D eigenvalue weighted by Gasteiger charge is -2.26. The molecule has 0 atom stereocenters. The molecule has 0 saturated carbocycles. The van der Waals surface area contributed by atoms with Crippen molar-refractivity contribution in [1.82, 2.24) is 0 Å². The molecule has 2 aromatic carbocycles. The van der Waals surface area contributed by atoms with Crippen LogP contribution in [0, 0.1) is 6.92 Å². The molecular formula is C19H24N2O3S. The summed E-state index contributed by atoms with van der Waals surface area (Å²) in [5, 5.41) is 2.78. The Kier molecular flexibility index (Phi) is 6.20. The highest BCUT2D eigenvalue weighted by Gasteiger charge is 2.22. The number of aryl methyl sites for hydroxylation is 2. The van der Waals surface area contributed by atoms with Gasteiger partial charge in [-0.05, 0) is 36.6 Å². The zero-order valence-corrected chi connectivity index (χ0v) is 15.6. The summed E-state index contributed by atoms with van der Waals surface area (Å²) >= 11 is 0. The van der Waals surface area contributed by atoms with Crippen molar-refractivity contribution in [2.75, 3.05) is 22.4 Å². The van der Waals surface area contributed by atoms with Crippen molar-refractivity contribution >= 4 is 27.3 Å². The summed E-state index contributed by atoms with van der Waals surface area (Å²) in [7, 11) is -3.49. The second-order valence-electron chi connectivity index (χ2n) is 5.94. The number of rotatable bonds is 7. The zero-order valence-electron chi connectivity index (χ0n) is 14.8. The van der Waals surface area contributed by atoms with E-state index in [1.165, 1.54) is 10.6 Å². The van der Waals surface area contributed by atoms with Gasteiger partial charge in [0.05, 0.1) is 11.9 Å². The van der Waals surface area contributed by atoms with Gasteiger partial charge in [-0.25, -0.2) is 8.42 Å². The minimum Gasteiger partial charge on any atom is -0.326 e. The molecule has 1 amide bonds. The van der Waals surface area contributed by atoms with Crippen LogP contribution in [0.2, 0.25) is 0 Å². The molecule has 0 aliphatic rings. The van der Waals surface area contributed by atoms with Gasteiger partial charge in [-0.1, -0.05) is 43.3 Å². The van der Waals surface area contributed by atoms with Crippen LogP contribution in [0.4, 0.5) is 11.4 Å². The SMILES string of the molecule is CCc1cccc(C)c1N(CCC(=O)Nc1ccccc1)S(C)(=O)=O. The maximum absolute atomic E-state index is 12.3. The number of carbonyl (C=O) groups is 1. The van der Waals surface area contributed by atoms with Gasteiger partial charge in [0.2, 0.25) is 15.9 Å². The highest BCUT2D eigenvalue weighted by Crippen LogP contribution is 2.28. The summed E-state index contributed by atoms with van der Waals surface area (Å²) in [4.78, 5) is 12.2. The number of carbonyl (C=O) groups excluding carboxylic acids is 1. The van der Waals surface area contributed by atoms with Crippen LogP contribution in [0.15, 0.2) is 48.5 Å². The first kappa shape index (κ1) is 19.0. The molecule has 0 unspecified atom stereocenters. The molecule has 0 aliphatic heterocycles. The van der Waals surface area contributed by atoms with E-state index < -0.39 is 10.0 Å². The van der Waals surface area contributed by atoms with E-state index in [0.717, 1.165) is 17.5 Å². The second kappa shape index (κ2) is 8.16. The van der Waals surface area contributed by atoms with Gasteiger partial charge in [0, 0.05) is 18.7 Å². The van der Waals surface area contributed by atoms with Gasteiger partial charge >= 0.3 is 0 Å². The molecule has 0 spiro atoms. The Morgan fingerprint density at radius 2 is 1.76 bits per heavy atom. The molecule has 134 valence electrons. The van der Waals surface area contributed by atoms with E-state index in [4.69, 9.17) is 0 Å². The Labute approximate surface area is 149 Å². The molecule has 1 N–H and O–H groups in total. The number of nitrogens with zero attached hydrogens (tertiary/aromatic N) is 1. The van der Waals surface area contributed by atoms with Crippen LogP contribution >= 0.6 is 0 Å². The summed E-state index contributed by atoms with van der Waals surface area (Å²) in [6.45, 7) is 3.98. The molecule has 0 saturated heterocycles. The summed E-state index contributed by atoms with van der Waals surface area (Å²) in [6, 6.07) is 14.8. The Morgan fingerprint density at radius 3 is 2.36 bits per heavy atom. The maximum Gasteiger partial charge on any atom is 0.232 e. The normalized spacial score (nSPS) is 11.2. The molecule has 0 aromatic heterocycles. The molecule has 0 aliphatic carbocycles. The van der Waals surface area contributed by atoms with Crippen LogP contribution in [0.25, 0.3) is 0 Å². The van der Waals surface area contributed by atoms with Gasteiger partial charge in [0.25, 0.3) is 0 Å². The van der Waals surface area contributed by atoms with E-state index in [0.29, 0.717) is 11.4 Å². The van der Waals surface area contributed by atoms with Crippen molar-refractivity contribution in [3.63, 3.8) is 0 Å². The summed E-state index contributed by atoms with van der Waals surface area (Å²) < 4.78 is 26.0. The first-order chi connectivity index (χ1) is 11.8. The molecule has 2 aromatic rings. The molecule has 2 rings (SSSR count). The average Bonchev–Trinajstić information content (AvgIpc) is 2.56. The van der Waals surface area contributed by atoms with E-state index >= 15 is 0 Å². The fraction of sp³-hybridized carbons (Fsp3) is 0.316. The predicted molar refractivity (Wildman–Crippen MR) is 102 cm³/mol. The van der Waals surface area contributed by atoms with Gasteiger partial charge < -0.3 is 5.32 Å². The van der Waals surface area contributed by atoms with Gasteiger partial charge in [-0.3, -0.25) is 9.10 Å². The highest BCUT2D eigenvalue weighted by atomic mass is 32.2. The molecule has 5 nitrogen and oxygen atoms in total. The van der Waals surface area contributed by atoms with Gasteiger partial charge in [-0.15, -0.1) is 0 Å². The Bertz CT molecular complexity index is 833. The summed E-state index contributed by atoms with van der Waals surface area (Å²) in [5.74, 6) is -0.216. The van der Waals surface area contributed by atoms with Crippen LogP contribution in [-0.4, -0.2) is 27.1 Å². The number of amides is 1. The minimum absolute atomic E-state index is 0.0828. The second-order valence-corrected chi connectivity index (χ2v) is 7.84. The van der Waals surface area contributed by atoms with Crippen molar-refractivity contribution in [2.45, 2.75) is 26.7 Å². The lowest BCUT2D eigenvalue weighted by atomic mass is 10.1. The monoisotopic (exact) mass is 360 g/mol. The number of para-hydroxylation sites is 2. The van der Waals surface area contributed by atoms with Gasteiger partial charge in [-0.2, -0.15) is 0 Å². The molecule has 25 heavy (non-hydrogen) atoms. The fourth-order valence-corrected chi connectivity index (χ4v) is 3.77. The Morgan fingerprint density at radius 1 is 1.08 bits per heavy atom. The topological polar surface area (TPSA) is 66.5 Å². The number of nitrogens with one attached hydrogen (secondary N) is 1. The molecule has 0 heterocycles. The van der Waals surface area contributed by atoms with Gasteiger partial charge in [0.15, 0.2) is 0 Å². The van der Waals surface area contributed by atoms with Crippen LogP contribution in [0.1, 0.15) is 24.5 Å². The van der Waals surface area contributed by atoms with Crippen LogP contribution in [0.3, 0.4) is 0 Å². The van der Waals surface area contributed by atoms with Crippen LogP contribution < -0.4 is 9.62 Å². The number of anilines is 2. The molecule has 0 bridgehead atoms. The number of hydrogen-bond donors (Lipinski definition) is 1. The van der Waals surface area contributed by atoms with Crippen molar-refractivity contribution < 1.29 is 13.2 Å². The third-order valence-electron chi connectivity index (χ3n) is 3.95. The lowest BCUT2D eigenvalue weighted by molar-refractivity contribution is -0.116. The number of hydrogen-bond acceptors (Lipinski definition) is 3. The van der Waals surface area contributed by atoms with Crippen LogP contribution in [-0.2, 0) is 21.2 Å². The quantitative estimate of drug-likeness (QED) is 0.823. The van der Waals surface area contributed by atoms with E-state index in [9.17, 15) is 13.2 Å². The van der Waals surface area contributed by atoms with E-state index in [2.05, 4.69) is 5.32 Å². The fourth-order valence-electron chi connectivity index (χ4n) is 2.75. The predicted octanol–water partition coefficient (Wildman–Crippen LogP) is 3.35. The van der Waals surface area contributed by atoms with Crippen molar-refractivity contribution in [1.29, 1.82) is 0 Å². The Hall–Kier alpha value is -2.34. The smallest absolute Gasteiger partial charge is 0.232 e. The highest BCUT2D eigenvalue weighted by molar-refractivity contribution is 7.92. The standard InChI is InChI=1S/C19H24N2O3S/c1-4-16-10-8-9-15(2)19(16)21(25(3,23)24)14-13-18(22)20-17-11-6-5-7-12-17/h5-12H,4,13-14H2,1-3H3,(H,20,22). The Balaban J connectivity index is 2.19. The molecular weight excluding hydrogens is 336 g/mol. The minimum atomic E-state index is -3.49. The first-order valence-electron chi connectivity index (χ1n) is 8.24. The summed E-state index contributed by atoms with van der Waals surface area (Å²) in [5.41, 5.74) is 3.21. The third-order valence-corrected chi connectivity index (χ3v) is 5.12. The largest absolute Gasteiger partial charge is 0.326 e. The lowest BCUT2D eigenvalue weighted by Crippen LogP contribution is -2.34. The van der Waals surface area contributed by atoms with E-state index in [1.54, 1.807) is 12.1 Å². The first-order valence-corrected chi connectivity index (χ1v) is 10.1. The van der Waals surface area contributed by atoms with Crippen molar-refractivity contribution in [2.24, 2.45) is 0 Å². The van der Waals surface area contributed by atoms with Crippen LogP contribution in [0.5, 0.6) is 0 Å². The number of benzene rings is 2. The molecule has 0 radical (unpaired) electrons. The van der Waals surface area contributed by atoms with E-state index in [-0.39, 0.29) is 18.9 Å². The van der Waals surface area contributed by atoms with E-state index in [1.807, 2.05) is 50.2 Å². The average molecular weight is 360 g/mol. The van der Waals surface area contributed by atoms with Crippen molar-refractivity contribution in [3.05, 3.63) is 59.7 Å². The zero-order chi connectivity index (χ0) is 18.4. The number of sulfonamides is 1. The third kappa shape index (κ3) is 5.06.